The molecule has 0 unspecified atom stereocenters. The summed E-state index contributed by atoms with van der Waals surface area (Å²) in [6.07, 6.45) is 0.867. The van der Waals surface area contributed by atoms with Crippen LogP contribution in [-0.2, 0) is 6.42 Å². The molecule has 0 radical (unpaired) electrons. The van der Waals surface area contributed by atoms with E-state index in [-0.39, 0.29) is 5.91 Å². The Morgan fingerprint density at radius 1 is 1.44 bits per heavy atom. The fourth-order valence-electron chi connectivity index (χ4n) is 1.62. The van der Waals surface area contributed by atoms with Gasteiger partial charge < -0.3 is 9.88 Å². The van der Waals surface area contributed by atoms with E-state index >= 15 is 0 Å². The first-order valence-corrected chi connectivity index (χ1v) is 5.32. The topological polar surface area (TPSA) is 49.0 Å². The highest BCUT2D eigenvalue weighted by molar-refractivity contribution is 5.97. The molecule has 0 aliphatic heterocycles. The van der Waals surface area contributed by atoms with Crippen LogP contribution in [0.2, 0.25) is 0 Å². The van der Waals surface area contributed by atoms with E-state index in [1.807, 2.05) is 25.1 Å². The number of carbonyl (C=O) groups is 1. The molecule has 0 aliphatic carbocycles. The summed E-state index contributed by atoms with van der Waals surface area (Å²) >= 11 is 0. The zero-order valence-corrected chi connectivity index (χ0v) is 9.74. The van der Waals surface area contributed by atoms with Gasteiger partial charge in [0.15, 0.2) is 0 Å². The molecule has 0 atom stereocenters. The SMILES string of the molecule is CCc1nc2ccc(C(=O)N(C)C)cc2[nH]1. The summed E-state index contributed by atoms with van der Waals surface area (Å²) in [7, 11) is 3.49. The molecule has 16 heavy (non-hydrogen) atoms. The summed E-state index contributed by atoms with van der Waals surface area (Å²) in [5, 5.41) is 0. The number of aromatic nitrogens is 2. The second-order valence-corrected chi connectivity index (χ2v) is 3.97. The summed E-state index contributed by atoms with van der Waals surface area (Å²) in [4.78, 5) is 20.9. The first kappa shape index (κ1) is 10.7. The summed E-state index contributed by atoms with van der Waals surface area (Å²) in [5.41, 5.74) is 2.51. The van der Waals surface area contributed by atoms with Crippen LogP contribution in [0.4, 0.5) is 0 Å². The average Bonchev–Trinajstić information content (AvgIpc) is 2.69. The van der Waals surface area contributed by atoms with Crippen molar-refractivity contribution in [3.05, 3.63) is 29.6 Å². The molecular weight excluding hydrogens is 202 g/mol. The minimum absolute atomic E-state index is 0.00884. The van der Waals surface area contributed by atoms with Crippen molar-refractivity contribution in [2.45, 2.75) is 13.3 Å². The Bertz CT molecular complexity index is 528. The average molecular weight is 217 g/mol. The number of aryl methyl sites for hydroxylation is 1. The Labute approximate surface area is 94.3 Å². The predicted octanol–water partition coefficient (Wildman–Crippen LogP) is 1.83. The number of nitrogens with one attached hydrogen (secondary N) is 1. The normalized spacial score (nSPS) is 10.7. The maximum Gasteiger partial charge on any atom is 0.253 e. The number of hydrogen-bond acceptors (Lipinski definition) is 2. The quantitative estimate of drug-likeness (QED) is 0.834. The van der Waals surface area contributed by atoms with Crippen molar-refractivity contribution in [3.8, 4) is 0 Å². The van der Waals surface area contributed by atoms with Crippen LogP contribution in [0.3, 0.4) is 0 Å². The van der Waals surface area contributed by atoms with E-state index in [1.54, 1.807) is 19.0 Å². The van der Waals surface area contributed by atoms with Crippen molar-refractivity contribution < 1.29 is 4.79 Å². The molecule has 1 amide bonds. The van der Waals surface area contributed by atoms with Gasteiger partial charge in [0, 0.05) is 26.1 Å². The number of fused-ring (bicyclic) bond motifs is 1. The van der Waals surface area contributed by atoms with Gasteiger partial charge in [0.25, 0.3) is 5.91 Å². The van der Waals surface area contributed by atoms with Gasteiger partial charge in [-0.1, -0.05) is 6.92 Å². The third-order valence-corrected chi connectivity index (χ3v) is 2.52. The molecule has 0 saturated heterocycles. The number of aromatic amines is 1. The number of rotatable bonds is 2. The highest BCUT2D eigenvalue weighted by atomic mass is 16.2. The Balaban J connectivity index is 2.47. The third-order valence-electron chi connectivity index (χ3n) is 2.52. The third kappa shape index (κ3) is 1.78. The maximum absolute atomic E-state index is 11.8. The van der Waals surface area contributed by atoms with Crippen LogP contribution in [0.5, 0.6) is 0 Å². The molecule has 4 nitrogen and oxygen atoms in total. The molecule has 1 heterocycles. The van der Waals surface area contributed by atoms with E-state index in [2.05, 4.69) is 9.97 Å². The fraction of sp³-hybridized carbons (Fsp3) is 0.333. The van der Waals surface area contributed by atoms with Gasteiger partial charge in [-0.2, -0.15) is 0 Å². The highest BCUT2D eigenvalue weighted by Crippen LogP contribution is 2.14. The van der Waals surface area contributed by atoms with Crippen molar-refractivity contribution in [2.24, 2.45) is 0 Å². The van der Waals surface area contributed by atoms with Gasteiger partial charge in [0.05, 0.1) is 11.0 Å². The number of imidazole rings is 1. The van der Waals surface area contributed by atoms with E-state index in [4.69, 9.17) is 0 Å². The van der Waals surface area contributed by atoms with E-state index < -0.39 is 0 Å². The lowest BCUT2D eigenvalue weighted by atomic mass is 10.2. The molecule has 1 aromatic heterocycles. The number of nitrogens with zero attached hydrogens (tertiary/aromatic N) is 2. The van der Waals surface area contributed by atoms with Crippen molar-refractivity contribution in [2.75, 3.05) is 14.1 Å². The van der Waals surface area contributed by atoms with Crippen LogP contribution in [0.15, 0.2) is 18.2 Å². The summed E-state index contributed by atoms with van der Waals surface area (Å²) in [5.74, 6) is 0.957. The molecule has 84 valence electrons. The first-order valence-electron chi connectivity index (χ1n) is 5.32. The standard InChI is InChI=1S/C12H15N3O/c1-4-11-13-9-6-5-8(7-10(9)14-11)12(16)15(2)3/h5-7H,4H2,1-3H3,(H,13,14). The van der Waals surface area contributed by atoms with Gasteiger partial charge >= 0.3 is 0 Å². The number of hydrogen-bond donors (Lipinski definition) is 1. The Kier molecular flexibility index (Phi) is 2.64. The van der Waals surface area contributed by atoms with Gasteiger partial charge in [-0.15, -0.1) is 0 Å². The molecule has 4 heteroatoms. The van der Waals surface area contributed by atoms with Crippen molar-refractivity contribution in [1.29, 1.82) is 0 Å². The van der Waals surface area contributed by atoms with Gasteiger partial charge in [0.1, 0.15) is 5.82 Å². The lowest BCUT2D eigenvalue weighted by Crippen LogP contribution is -2.21. The molecular formula is C12H15N3O. The Morgan fingerprint density at radius 2 is 2.19 bits per heavy atom. The monoisotopic (exact) mass is 217 g/mol. The van der Waals surface area contributed by atoms with Gasteiger partial charge in [-0.3, -0.25) is 4.79 Å². The Morgan fingerprint density at radius 3 is 2.81 bits per heavy atom. The van der Waals surface area contributed by atoms with Crippen LogP contribution in [0.25, 0.3) is 11.0 Å². The minimum atomic E-state index is 0.00884. The molecule has 2 rings (SSSR count). The summed E-state index contributed by atoms with van der Waals surface area (Å²) < 4.78 is 0. The van der Waals surface area contributed by atoms with Crippen LogP contribution < -0.4 is 0 Å². The first-order chi connectivity index (χ1) is 7.61. The minimum Gasteiger partial charge on any atom is -0.345 e. The number of benzene rings is 1. The number of amides is 1. The van der Waals surface area contributed by atoms with E-state index in [9.17, 15) is 4.79 Å². The molecule has 0 bridgehead atoms. The van der Waals surface area contributed by atoms with Gasteiger partial charge in [0.2, 0.25) is 0 Å². The van der Waals surface area contributed by atoms with Crippen molar-refractivity contribution >= 4 is 16.9 Å². The molecule has 0 spiro atoms. The fourth-order valence-corrected chi connectivity index (χ4v) is 1.62. The van der Waals surface area contributed by atoms with Gasteiger partial charge in [-0.05, 0) is 18.2 Å². The van der Waals surface area contributed by atoms with Gasteiger partial charge in [-0.25, -0.2) is 4.98 Å². The lowest BCUT2D eigenvalue weighted by molar-refractivity contribution is 0.0828. The molecule has 0 aliphatic rings. The molecule has 0 fully saturated rings. The van der Waals surface area contributed by atoms with Crippen molar-refractivity contribution in [3.63, 3.8) is 0 Å². The molecule has 0 saturated carbocycles. The second kappa shape index (κ2) is 3.96. The molecule has 1 aromatic carbocycles. The zero-order chi connectivity index (χ0) is 11.7. The van der Waals surface area contributed by atoms with Crippen LogP contribution in [-0.4, -0.2) is 34.9 Å². The van der Waals surface area contributed by atoms with E-state index in [0.717, 1.165) is 23.3 Å². The highest BCUT2D eigenvalue weighted by Gasteiger charge is 2.09. The molecule has 2 aromatic rings. The van der Waals surface area contributed by atoms with E-state index in [1.165, 1.54) is 0 Å². The Hall–Kier alpha value is -1.84. The smallest absolute Gasteiger partial charge is 0.253 e. The maximum atomic E-state index is 11.8. The predicted molar refractivity (Wildman–Crippen MR) is 63.5 cm³/mol. The second-order valence-electron chi connectivity index (χ2n) is 3.97. The van der Waals surface area contributed by atoms with Crippen LogP contribution in [0.1, 0.15) is 23.1 Å². The van der Waals surface area contributed by atoms with Crippen LogP contribution >= 0.6 is 0 Å². The zero-order valence-electron chi connectivity index (χ0n) is 9.74. The largest absolute Gasteiger partial charge is 0.345 e. The summed E-state index contributed by atoms with van der Waals surface area (Å²) in [6, 6.07) is 5.54. The number of H-pyrrole nitrogens is 1. The van der Waals surface area contributed by atoms with E-state index in [0.29, 0.717) is 5.56 Å². The molecule has 1 N–H and O–H groups in total. The summed E-state index contributed by atoms with van der Waals surface area (Å²) in [6.45, 7) is 2.05. The van der Waals surface area contributed by atoms with Crippen LogP contribution in [0, 0.1) is 0 Å². The lowest BCUT2D eigenvalue weighted by Gasteiger charge is -2.09. The number of carbonyl (C=O) groups excluding carboxylic acids is 1. The van der Waals surface area contributed by atoms with Crippen molar-refractivity contribution in [1.82, 2.24) is 14.9 Å².